The third-order valence-corrected chi connectivity index (χ3v) is 7.60. The van der Waals surface area contributed by atoms with Crippen molar-refractivity contribution in [2.45, 2.75) is 94.9 Å². The number of piperidine rings is 1. The fourth-order valence-electron chi connectivity index (χ4n) is 4.48. The number of carbonyl (C=O) groups is 2. The van der Waals surface area contributed by atoms with E-state index in [9.17, 15) is 9.59 Å². The van der Waals surface area contributed by atoms with Crippen molar-refractivity contribution >= 4 is 17.4 Å². The molecule has 0 radical (unpaired) electrons. The van der Waals surface area contributed by atoms with Crippen molar-refractivity contribution in [2.75, 3.05) is 25.0 Å². The van der Waals surface area contributed by atoms with Gasteiger partial charge in [-0.1, -0.05) is 112 Å². The van der Waals surface area contributed by atoms with Gasteiger partial charge in [0.1, 0.15) is 0 Å². The zero-order chi connectivity index (χ0) is 29.5. The maximum Gasteiger partial charge on any atom is 0.226 e. The number of allylic oxidation sites excluding steroid dienone is 5. The van der Waals surface area contributed by atoms with Gasteiger partial charge in [0.15, 0.2) is 5.78 Å². The molecule has 1 heterocycles. The minimum absolute atomic E-state index is 0.0340. The number of hydrogen-bond acceptors (Lipinski definition) is 3. The van der Waals surface area contributed by atoms with Gasteiger partial charge in [-0.3, -0.25) is 9.59 Å². The highest BCUT2D eigenvalue weighted by Crippen LogP contribution is 2.43. The number of likely N-dealkylation sites (tertiary alicyclic amines) is 1. The number of Topliss-reactive ketones (excluding diaryl/α,β-unsaturated/α-hetero) is 1. The molecule has 1 aliphatic heterocycles. The third kappa shape index (κ3) is 10.0. The fraction of sp³-hybridized carbons (Fsp3) is 0.588. The van der Waals surface area contributed by atoms with Crippen molar-refractivity contribution in [3.05, 3.63) is 66.3 Å². The van der Waals surface area contributed by atoms with Crippen molar-refractivity contribution in [1.82, 2.24) is 4.90 Å². The van der Waals surface area contributed by atoms with Crippen LogP contribution in [-0.4, -0.2) is 36.2 Å². The van der Waals surface area contributed by atoms with Gasteiger partial charge in [-0.05, 0) is 61.9 Å². The molecule has 38 heavy (non-hydrogen) atoms. The zero-order valence-corrected chi connectivity index (χ0v) is 26.3. The van der Waals surface area contributed by atoms with Crippen LogP contribution in [0, 0.1) is 16.7 Å². The van der Waals surface area contributed by atoms with Gasteiger partial charge >= 0.3 is 0 Å². The Hall–Kier alpha value is -2.46. The molecule has 0 aliphatic carbocycles. The molecule has 1 aromatic rings. The molecule has 0 spiro atoms. The highest BCUT2D eigenvalue weighted by Gasteiger charge is 2.44. The number of nitrogens with one attached hydrogen (secondary N) is 1. The Bertz CT molecular complexity index is 930. The molecule has 1 fully saturated rings. The van der Waals surface area contributed by atoms with Crippen molar-refractivity contribution in [3.8, 4) is 0 Å². The minimum Gasteiger partial charge on any atom is -0.326 e. The van der Waals surface area contributed by atoms with Gasteiger partial charge in [0, 0.05) is 29.1 Å². The second-order valence-electron chi connectivity index (χ2n) is 11.0. The second kappa shape index (κ2) is 17.2. The first-order chi connectivity index (χ1) is 17.9. The lowest BCUT2D eigenvalue weighted by Gasteiger charge is -2.45. The summed E-state index contributed by atoms with van der Waals surface area (Å²) in [6, 6.07) is 8.30. The van der Waals surface area contributed by atoms with Crippen molar-refractivity contribution in [1.29, 1.82) is 0 Å². The molecule has 1 aromatic carbocycles. The summed E-state index contributed by atoms with van der Waals surface area (Å²) in [4.78, 5) is 27.9. The van der Waals surface area contributed by atoms with E-state index in [1.807, 2.05) is 78.8 Å². The lowest BCUT2D eigenvalue weighted by atomic mass is 9.63. The van der Waals surface area contributed by atoms with Crippen LogP contribution in [0.4, 0.5) is 5.69 Å². The lowest BCUT2D eigenvalue weighted by Crippen LogP contribution is -2.49. The number of nitrogens with zero attached hydrogens (tertiary/aromatic N) is 1. The van der Waals surface area contributed by atoms with Crippen LogP contribution in [0.15, 0.2) is 60.7 Å². The number of anilines is 1. The van der Waals surface area contributed by atoms with Crippen molar-refractivity contribution < 1.29 is 9.59 Å². The van der Waals surface area contributed by atoms with Crippen molar-refractivity contribution in [3.63, 3.8) is 0 Å². The Morgan fingerprint density at radius 2 is 1.66 bits per heavy atom. The average molecular weight is 525 g/mol. The summed E-state index contributed by atoms with van der Waals surface area (Å²) in [6.45, 7) is 28.9. The fourth-order valence-corrected chi connectivity index (χ4v) is 4.48. The molecule has 214 valence electrons. The van der Waals surface area contributed by atoms with Gasteiger partial charge in [-0.15, -0.1) is 0 Å². The highest BCUT2D eigenvalue weighted by molar-refractivity contribution is 6.02. The van der Waals surface area contributed by atoms with Crippen LogP contribution in [-0.2, 0) is 9.59 Å². The lowest BCUT2D eigenvalue weighted by molar-refractivity contribution is -0.129. The number of rotatable bonds is 10. The van der Waals surface area contributed by atoms with E-state index < -0.39 is 5.41 Å². The van der Waals surface area contributed by atoms with Crippen LogP contribution >= 0.6 is 0 Å². The first kappa shape index (κ1) is 35.5. The number of ketones is 1. The molecule has 0 bridgehead atoms. The Balaban J connectivity index is 0.00000326. The summed E-state index contributed by atoms with van der Waals surface area (Å²) < 4.78 is 0. The van der Waals surface area contributed by atoms with Gasteiger partial charge in [0.05, 0.1) is 0 Å². The molecule has 1 aliphatic rings. The summed E-state index contributed by atoms with van der Waals surface area (Å²) in [5.41, 5.74) is 2.23. The quantitative estimate of drug-likeness (QED) is 0.246. The molecule has 0 saturated carbocycles. The second-order valence-corrected chi connectivity index (χ2v) is 11.0. The molecule has 0 aromatic heterocycles. The summed E-state index contributed by atoms with van der Waals surface area (Å²) in [5, 5.41) is 3.02. The average Bonchev–Trinajstić information content (AvgIpc) is 2.91. The van der Waals surface area contributed by atoms with Crippen LogP contribution in [0.5, 0.6) is 0 Å². The number of benzene rings is 1. The van der Waals surface area contributed by atoms with E-state index in [-0.39, 0.29) is 23.0 Å². The van der Waals surface area contributed by atoms with Gasteiger partial charge < -0.3 is 10.2 Å². The molecule has 0 atom stereocenters. The Kier molecular flexibility index (Phi) is 16.1. The first-order valence-electron chi connectivity index (χ1n) is 14.6. The Labute approximate surface area is 234 Å². The van der Waals surface area contributed by atoms with E-state index in [0.717, 1.165) is 43.7 Å². The van der Waals surface area contributed by atoms with Crippen LogP contribution in [0.3, 0.4) is 0 Å². The van der Waals surface area contributed by atoms with Crippen molar-refractivity contribution in [2.24, 2.45) is 16.7 Å². The van der Waals surface area contributed by atoms with Gasteiger partial charge in [-0.2, -0.15) is 0 Å². The summed E-state index contributed by atoms with van der Waals surface area (Å²) in [5.74, 6) is 0.678. The molecule has 1 amide bonds. The third-order valence-electron chi connectivity index (χ3n) is 7.60. The standard InChI is InChI=1S/C30H44N2O2.2C2H6/c1-9-11-13-23(10-2)27(33)30(7,8)29(5,6)21-32-18-16-24(17-19-32)25-14-12-15-26(20-25)31-28(34)22(3)4;2*1-2/h9-15,20,22,24H,1,16-19,21H2,2-8H3,(H,31,34);2*1-2H3/b13-11-,23-10+;;. The summed E-state index contributed by atoms with van der Waals surface area (Å²) >= 11 is 0. The Morgan fingerprint density at radius 3 is 2.16 bits per heavy atom. The van der Waals surface area contributed by atoms with E-state index in [4.69, 9.17) is 0 Å². The summed E-state index contributed by atoms with van der Waals surface area (Å²) in [7, 11) is 0. The molecule has 4 heteroatoms. The largest absolute Gasteiger partial charge is 0.326 e. The smallest absolute Gasteiger partial charge is 0.226 e. The molecule has 1 saturated heterocycles. The predicted octanol–water partition coefficient (Wildman–Crippen LogP) is 8.82. The number of amides is 1. The van der Waals surface area contributed by atoms with Gasteiger partial charge in [-0.25, -0.2) is 0 Å². The SMILES string of the molecule is C=C/C=C\C(=C/C)C(=O)C(C)(C)C(C)(C)CN1CCC(c2cccc(NC(=O)C(C)C)c2)CC1.CC.CC. The normalized spacial score (nSPS) is 15.3. The van der Waals surface area contributed by atoms with E-state index in [1.165, 1.54) is 5.56 Å². The van der Waals surface area contributed by atoms with Crippen LogP contribution < -0.4 is 5.32 Å². The zero-order valence-electron chi connectivity index (χ0n) is 26.3. The van der Waals surface area contributed by atoms with E-state index >= 15 is 0 Å². The minimum atomic E-state index is -0.500. The number of carbonyl (C=O) groups excluding carboxylic acids is 2. The molecule has 4 nitrogen and oxygen atoms in total. The van der Waals surface area contributed by atoms with Gasteiger partial charge in [0.2, 0.25) is 5.91 Å². The van der Waals surface area contributed by atoms with Crippen LogP contribution in [0.25, 0.3) is 0 Å². The van der Waals surface area contributed by atoms with Crippen LogP contribution in [0.1, 0.15) is 100 Å². The maximum atomic E-state index is 13.4. The maximum absolute atomic E-state index is 13.4. The number of hydrogen-bond donors (Lipinski definition) is 1. The van der Waals surface area contributed by atoms with E-state index in [1.54, 1.807) is 6.08 Å². The molecular formula is C34H56N2O2. The Morgan fingerprint density at radius 1 is 1.08 bits per heavy atom. The first-order valence-corrected chi connectivity index (χ1v) is 14.6. The molecular weight excluding hydrogens is 468 g/mol. The monoisotopic (exact) mass is 524 g/mol. The molecule has 2 rings (SSSR count). The summed E-state index contributed by atoms with van der Waals surface area (Å²) in [6.07, 6.45) is 9.43. The van der Waals surface area contributed by atoms with Gasteiger partial charge in [0.25, 0.3) is 0 Å². The van der Waals surface area contributed by atoms with E-state index in [0.29, 0.717) is 5.92 Å². The highest BCUT2D eigenvalue weighted by atomic mass is 16.1. The predicted molar refractivity (Wildman–Crippen MR) is 167 cm³/mol. The molecule has 0 unspecified atom stereocenters. The van der Waals surface area contributed by atoms with Crippen LogP contribution in [0.2, 0.25) is 0 Å². The molecule has 1 N–H and O–H groups in total. The topological polar surface area (TPSA) is 49.4 Å². The van der Waals surface area contributed by atoms with E-state index in [2.05, 4.69) is 56.6 Å².